The molecule has 73 heavy (non-hydrogen) atoms. The van der Waals surface area contributed by atoms with Gasteiger partial charge in [0.05, 0.1) is 17.3 Å². The highest BCUT2D eigenvalue weighted by Crippen LogP contribution is 2.55. The molecule has 8 N–H and O–H groups in total. The third kappa shape index (κ3) is 9.15. The van der Waals surface area contributed by atoms with Crippen LogP contribution in [0.3, 0.4) is 0 Å². The lowest BCUT2D eigenvalue weighted by atomic mass is 9.58. The van der Waals surface area contributed by atoms with Crippen molar-refractivity contribution < 1.29 is 72.9 Å². The van der Waals surface area contributed by atoms with Gasteiger partial charge in [0.25, 0.3) is 5.91 Å². The van der Waals surface area contributed by atoms with Gasteiger partial charge >= 0.3 is 24.4 Å². The first-order valence-corrected chi connectivity index (χ1v) is 22.7. The predicted octanol–water partition coefficient (Wildman–Crippen LogP) is 5.98. The van der Waals surface area contributed by atoms with Crippen molar-refractivity contribution in [2.24, 2.45) is 17.6 Å². The van der Waals surface area contributed by atoms with Gasteiger partial charge in [0, 0.05) is 24.2 Å². The number of cyclic esters (lactones) is 1. The lowest BCUT2D eigenvalue weighted by molar-refractivity contribution is -0.145. The zero-order valence-corrected chi connectivity index (χ0v) is 38.7. The molecule has 5 bridgehead atoms. The molecule has 4 atom stereocenters. The van der Waals surface area contributed by atoms with Gasteiger partial charge in [-0.15, -0.1) is 0 Å². The van der Waals surface area contributed by atoms with E-state index >= 15 is 4.79 Å². The standard InChI is InChI=1S/C52H46N6O15/c1-56-33-19-11-18-31(20-33)27-71-48(65)54-57(50(67)72-25-29-14-7-3-8-15-29)36-23-37(58(51(68)73-26-30-16-9-4-10-17-30)55-49(66)70-24-28-12-5-2-6-13-28)42(59)39-34(36)21-32-22-35-41(56)44(61)40(47(53)64)46(63)52(35,69)45(62)38(32)43(39)60/h2-20,23,32,35,41,59,61-62,69H,21-22,24-27H2,1H3,(H2,53,64)(H,54,65)(H,55,66)/t32?,35?,41-,52-/m0/s1. The Kier molecular flexibility index (Phi) is 13.2. The molecule has 9 rings (SSSR count). The topological polar surface area (TPSA) is 297 Å². The maximum Gasteiger partial charge on any atom is 0.434 e. The molecule has 1 aliphatic heterocycles. The Bertz CT molecular complexity index is 3130. The molecule has 2 unspecified atom stereocenters. The number of aromatic hydroxyl groups is 1. The number of nitrogens with one attached hydrogen (secondary N) is 2. The molecule has 5 aromatic rings. The third-order valence-electron chi connectivity index (χ3n) is 13.1. The molecule has 0 radical (unpaired) electrons. The van der Waals surface area contributed by atoms with E-state index in [2.05, 4.69) is 10.9 Å². The number of aliphatic hydroxyl groups is 3. The number of carbonyl (C=O) groups excluding carboxylic acids is 7. The van der Waals surface area contributed by atoms with Gasteiger partial charge in [-0.2, -0.15) is 10.0 Å². The van der Waals surface area contributed by atoms with Gasteiger partial charge in [0.15, 0.2) is 17.1 Å². The SMILES string of the molecule is CN1c2cccc(c2)COC(=O)NN(C(=O)OCc2ccccc2)c2cc(N(NC(=O)OCc3ccccc3)C(=O)OCc3ccccc3)c(O)c3c2CC2CC4[C@H]1C(O)=C(C(N)=O)C(=O)[C@@]4(O)C(O)=C2C3=O. The first-order chi connectivity index (χ1) is 35.1. The summed E-state index contributed by atoms with van der Waals surface area (Å²) in [6, 6.07) is 31.0. The van der Waals surface area contributed by atoms with E-state index in [4.69, 9.17) is 24.7 Å². The van der Waals surface area contributed by atoms with E-state index in [1.807, 2.05) is 0 Å². The summed E-state index contributed by atoms with van der Waals surface area (Å²) in [6.07, 6.45) is -6.04. The Labute approximate surface area is 415 Å². The number of nitrogens with two attached hydrogens (primary N) is 1. The van der Waals surface area contributed by atoms with E-state index in [0.717, 1.165) is 6.07 Å². The minimum atomic E-state index is -3.10. The normalized spacial score (nSPS) is 20.1. The first-order valence-electron chi connectivity index (χ1n) is 22.7. The fraction of sp³-hybridized carbons (Fsp3) is 0.212. The van der Waals surface area contributed by atoms with Crippen LogP contribution in [0.1, 0.15) is 44.6 Å². The Balaban J connectivity index is 1.25. The molecule has 0 spiro atoms. The van der Waals surface area contributed by atoms with E-state index in [9.17, 15) is 49.2 Å². The fourth-order valence-electron chi connectivity index (χ4n) is 9.63. The van der Waals surface area contributed by atoms with Crippen LogP contribution in [0.4, 0.5) is 36.2 Å². The number of Topliss-reactive ketones (excluding diaryl/α,β-unsaturated/α-hetero) is 2. The van der Waals surface area contributed by atoms with Crippen LogP contribution in [0.15, 0.2) is 144 Å². The molecule has 3 aliphatic carbocycles. The molecule has 0 aromatic heterocycles. The van der Waals surface area contributed by atoms with Crippen molar-refractivity contribution in [3.05, 3.63) is 177 Å². The molecule has 374 valence electrons. The van der Waals surface area contributed by atoms with Gasteiger partial charge in [0.2, 0.25) is 5.78 Å². The summed E-state index contributed by atoms with van der Waals surface area (Å²) in [5.74, 6) is -10.1. The van der Waals surface area contributed by atoms with Crippen molar-refractivity contribution in [3.63, 3.8) is 0 Å². The van der Waals surface area contributed by atoms with Crippen LogP contribution in [0, 0.1) is 11.8 Å². The molecular formula is C52H46N6O15. The molecule has 1 heterocycles. The first kappa shape index (κ1) is 48.6. The highest BCUT2D eigenvalue weighted by molar-refractivity contribution is 6.25. The molecule has 0 fully saturated rings. The number of carbonyl (C=O) groups is 7. The van der Waals surface area contributed by atoms with Gasteiger partial charge in [-0.05, 0) is 64.8 Å². The molecule has 21 heteroatoms. The number of ketones is 2. The van der Waals surface area contributed by atoms with Crippen LogP contribution < -0.4 is 31.5 Å². The van der Waals surface area contributed by atoms with Crippen molar-refractivity contribution in [1.29, 1.82) is 0 Å². The smallest absolute Gasteiger partial charge is 0.434 e. The lowest BCUT2D eigenvalue weighted by Crippen LogP contribution is -2.64. The number of aliphatic hydroxyl groups excluding tert-OH is 2. The average molecular weight is 995 g/mol. The van der Waals surface area contributed by atoms with Gasteiger partial charge in [-0.3, -0.25) is 14.4 Å². The molecule has 0 saturated carbocycles. The molecule has 21 nitrogen and oxygen atoms in total. The monoisotopic (exact) mass is 994 g/mol. The number of allylic oxidation sites excluding steroid dienone is 1. The number of likely N-dealkylation sites (N-methyl/N-ethyl adjacent to an activating group) is 1. The summed E-state index contributed by atoms with van der Waals surface area (Å²) < 4.78 is 22.3. The van der Waals surface area contributed by atoms with Crippen LogP contribution in [-0.2, 0) is 61.4 Å². The lowest BCUT2D eigenvalue weighted by Gasteiger charge is -2.51. The van der Waals surface area contributed by atoms with Gasteiger partial charge in [0.1, 0.15) is 49.2 Å². The van der Waals surface area contributed by atoms with Crippen molar-refractivity contribution in [2.75, 3.05) is 22.0 Å². The molecule has 5 aromatic carbocycles. The summed E-state index contributed by atoms with van der Waals surface area (Å²) in [5.41, 5.74) is 5.44. The number of nitrogens with zero attached hydrogens (tertiary/aromatic N) is 3. The summed E-state index contributed by atoms with van der Waals surface area (Å²) in [5, 5.41) is 50.1. The molecule has 4 aliphatic rings. The quantitative estimate of drug-likeness (QED) is 0.0535. The minimum Gasteiger partial charge on any atom is -0.509 e. The van der Waals surface area contributed by atoms with Crippen LogP contribution in [0.5, 0.6) is 5.75 Å². The number of rotatable bonds is 8. The summed E-state index contributed by atoms with van der Waals surface area (Å²) in [6.45, 7) is -1.54. The summed E-state index contributed by atoms with van der Waals surface area (Å²) in [7, 11) is 1.47. The second-order valence-corrected chi connectivity index (χ2v) is 17.5. The van der Waals surface area contributed by atoms with Crippen molar-refractivity contribution in [2.45, 2.75) is 50.9 Å². The van der Waals surface area contributed by atoms with Crippen LogP contribution in [-0.4, -0.2) is 81.0 Å². The Morgan fingerprint density at radius 3 is 2.04 bits per heavy atom. The molecule has 0 saturated heterocycles. The Morgan fingerprint density at radius 2 is 1.42 bits per heavy atom. The predicted molar refractivity (Wildman–Crippen MR) is 256 cm³/mol. The van der Waals surface area contributed by atoms with Gasteiger partial charge in [-0.1, -0.05) is 103 Å². The maximum atomic E-state index is 15.3. The number of benzene rings is 5. The van der Waals surface area contributed by atoms with Gasteiger partial charge in [-0.25, -0.2) is 30.0 Å². The highest BCUT2D eigenvalue weighted by atomic mass is 16.6. The third-order valence-corrected chi connectivity index (χ3v) is 13.1. The fourth-order valence-corrected chi connectivity index (χ4v) is 9.63. The Morgan fingerprint density at radius 1 is 0.822 bits per heavy atom. The average Bonchev–Trinajstić information content (AvgIpc) is 3.39. The molecular weight excluding hydrogens is 949 g/mol. The van der Waals surface area contributed by atoms with E-state index < -0.39 is 130 Å². The number of ether oxygens (including phenoxy) is 4. The number of hydrogen-bond donors (Lipinski definition) is 7. The second-order valence-electron chi connectivity index (χ2n) is 17.5. The van der Waals surface area contributed by atoms with E-state index in [1.54, 1.807) is 109 Å². The zero-order valence-electron chi connectivity index (χ0n) is 38.7. The van der Waals surface area contributed by atoms with Crippen molar-refractivity contribution >= 4 is 58.9 Å². The number of hydrazine groups is 2. The van der Waals surface area contributed by atoms with Crippen LogP contribution in [0.2, 0.25) is 0 Å². The van der Waals surface area contributed by atoms with Crippen molar-refractivity contribution in [3.8, 4) is 5.75 Å². The van der Waals surface area contributed by atoms with E-state index in [0.29, 0.717) is 38.0 Å². The highest BCUT2D eigenvalue weighted by Gasteiger charge is 2.64. The zero-order chi connectivity index (χ0) is 51.7. The van der Waals surface area contributed by atoms with Crippen LogP contribution >= 0.6 is 0 Å². The van der Waals surface area contributed by atoms with Crippen molar-refractivity contribution in [1.82, 2.24) is 10.9 Å². The maximum absolute atomic E-state index is 15.3. The van der Waals surface area contributed by atoms with E-state index in [-0.39, 0.29) is 25.2 Å². The summed E-state index contributed by atoms with van der Waals surface area (Å²) in [4.78, 5) is 101. The Hall–Kier alpha value is -9.37. The number of anilines is 3. The minimum absolute atomic E-state index is 0.221. The number of hydrogen-bond acceptors (Lipinski definition) is 16. The molecule has 5 amide bonds. The van der Waals surface area contributed by atoms with Crippen LogP contribution in [0.25, 0.3) is 0 Å². The number of phenolic OH excluding ortho intramolecular Hbond substituents is 1. The summed E-state index contributed by atoms with van der Waals surface area (Å²) >= 11 is 0. The van der Waals surface area contributed by atoms with Gasteiger partial charge < -0.3 is 50.0 Å². The second kappa shape index (κ2) is 19.8. The number of amides is 5. The number of primary amides is 1. The largest absolute Gasteiger partial charge is 0.509 e. The van der Waals surface area contributed by atoms with E-state index in [1.165, 1.54) is 18.0 Å². The number of phenols is 1. The number of fused-ring (bicyclic) bond motifs is 2.